The third kappa shape index (κ3) is 3.20. The number of hydrazone groups is 1. The van der Waals surface area contributed by atoms with Crippen LogP contribution in [0.15, 0.2) is 17.2 Å². The molecule has 1 aromatic rings. The van der Waals surface area contributed by atoms with Gasteiger partial charge in [-0.1, -0.05) is 0 Å². The summed E-state index contributed by atoms with van der Waals surface area (Å²) in [4.78, 5) is 11.5. The van der Waals surface area contributed by atoms with Crippen molar-refractivity contribution in [3.63, 3.8) is 0 Å². The summed E-state index contributed by atoms with van der Waals surface area (Å²) < 4.78 is 15.7. The summed E-state index contributed by atoms with van der Waals surface area (Å²) in [7, 11) is 4.67. The van der Waals surface area contributed by atoms with Crippen molar-refractivity contribution < 1.29 is 19.0 Å². The smallest absolute Gasteiger partial charge is 0.243 e. The number of hydrogen-bond acceptors (Lipinski definition) is 5. The topological polar surface area (TPSA) is 69.2 Å². The number of methoxy groups -OCH3 is 3. The van der Waals surface area contributed by atoms with E-state index in [0.29, 0.717) is 22.8 Å². The Morgan fingerprint density at radius 1 is 1.20 bits per heavy atom. The molecule has 0 atom stereocenters. The van der Waals surface area contributed by atoms with Crippen LogP contribution in [-0.4, -0.2) is 33.5 Å². The van der Waals surface area contributed by atoms with E-state index in [1.807, 2.05) is 0 Å². The Bertz CT molecular complexity index is 499. The minimum absolute atomic E-state index is 0.0484. The Morgan fingerprint density at radius 2 is 1.80 bits per heavy atom. The number of benzene rings is 1. The standard InChI is InChI=1S/C14H18N2O4/c1-18-10-6-12(19-2)11(13(7-10)20-3)8-15-16-14(17)9-4-5-9/h6-9H,4-5H2,1-3H3,(H,16,17)/b15-8-. The van der Waals surface area contributed by atoms with Gasteiger partial charge in [-0.2, -0.15) is 5.10 Å². The van der Waals surface area contributed by atoms with Gasteiger partial charge >= 0.3 is 0 Å². The molecule has 1 fully saturated rings. The quantitative estimate of drug-likeness (QED) is 0.633. The molecule has 6 nitrogen and oxygen atoms in total. The summed E-state index contributed by atoms with van der Waals surface area (Å²) in [6, 6.07) is 3.46. The fraction of sp³-hybridized carbons (Fsp3) is 0.429. The molecule has 0 aliphatic heterocycles. The number of rotatable bonds is 6. The largest absolute Gasteiger partial charge is 0.496 e. The Hall–Kier alpha value is -2.24. The molecule has 0 saturated heterocycles. The van der Waals surface area contributed by atoms with Crippen molar-refractivity contribution in [3.8, 4) is 17.2 Å². The Balaban J connectivity index is 2.19. The number of carbonyl (C=O) groups excluding carboxylic acids is 1. The molecular formula is C14H18N2O4. The molecule has 0 bridgehead atoms. The lowest BCUT2D eigenvalue weighted by atomic mass is 10.2. The third-order valence-electron chi connectivity index (χ3n) is 3.07. The van der Waals surface area contributed by atoms with E-state index < -0.39 is 0 Å². The molecule has 0 heterocycles. The third-order valence-corrected chi connectivity index (χ3v) is 3.07. The number of nitrogens with zero attached hydrogens (tertiary/aromatic N) is 1. The van der Waals surface area contributed by atoms with E-state index in [9.17, 15) is 4.79 Å². The maximum absolute atomic E-state index is 11.5. The summed E-state index contributed by atoms with van der Waals surface area (Å²) in [6.45, 7) is 0. The van der Waals surface area contributed by atoms with Gasteiger partial charge in [0.25, 0.3) is 0 Å². The second kappa shape index (κ2) is 6.27. The molecule has 20 heavy (non-hydrogen) atoms. The Morgan fingerprint density at radius 3 is 2.25 bits per heavy atom. The van der Waals surface area contributed by atoms with Gasteiger partial charge in [-0.25, -0.2) is 5.43 Å². The van der Waals surface area contributed by atoms with Gasteiger partial charge < -0.3 is 14.2 Å². The van der Waals surface area contributed by atoms with Gasteiger partial charge in [-0.3, -0.25) is 4.79 Å². The SMILES string of the molecule is COc1cc(OC)c(/C=N\NC(=O)C2CC2)c(OC)c1. The molecule has 6 heteroatoms. The van der Waals surface area contributed by atoms with Crippen molar-refractivity contribution in [2.75, 3.05) is 21.3 Å². The first-order valence-electron chi connectivity index (χ1n) is 6.32. The van der Waals surface area contributed by atoms with Crippen LogP contribution < -0.4 is 19.6 Å². The zero-order chi connectivity index (χ0) is 14.5. The minimum atomic E-state index is -0.0484. The molecule has 1 aliphatic rings. The van der Waals surface area contributed by atoms with E-state index in [4.69, 9.17) is 14.2 Å². The lowest BCUT2D eigenvalue weighted by Crippen LogP contribution is -2.19. The van der Waals surface area contributed by atoms with E-state index in [2.05, 4.69) is 10.5 Å². The monoisotopic (exact) mass is 278 g/mol. The van der Waals surface area contributed by atoms with Gasteiger partial charge in [0, 0.05) is 18.1 Å². The van der Waals surface area contributed by atoms with Crippen LogP contribution in [0.4, 0.5) is 0 Å². The van der Waals surface area contributed by atoms with E-state index in [-0.39, 0.29) is 11.8 Å². The Labute approximate surface area is 117 Å². The van der Waals surface area contributed by atoms with E-state index in [1.165, 1.54) is 6.21 Å². The number of hydrogen-bond donors (Lipinski definition) is 1. The number of ether oxygens (including phenoxy) is 3. The van der Waals surface area contributed by atoms with Crippen molar-refractivity contribution in [1.29, 1.82) is 0 Å². The van der Waals surface area contributed by atoms with Crippen LogP contribution in [0.25, 0.3) is 0 Å². The van der Waals surface area contributed by atoms with E-state index >= 15 is 0 Å². The zero-order valence-electron chi connectivity index (χ0n) is 11.8. The molecule has 2 rings (SSSR count). The van der Waals surface area contributed by atoms with Gasteiger partial charge in [0.05, 0.1) is 33.1 Å². The molecule has 1 amide bonds. The summed E-state index contributed by atoms with van der Waals surface area (Å²) in [6.07, 6.45) is 3.39. The van der Waals surface area contributed by atoms with Gasteiger partial charge in [0.1, 0.15) is 17.2 Å². The van der Waals surface area contributed by atoms with Crippen LogP contribution in [-0.2, 0) is 4.79 Å². The van der Waals surface area contributed by atoms with Crippen LogP contribution in [0.5, 0.6) is 17.2 Å². The first-order valence-corrected chi connectivity index (χ1v) is 6.32. The van der Waals surface area contributed by atoms with Gasteiger partial charge in [0.15, 0.2) is 0 Å². The van der Waals surface area contributed by atoms with Crippen molar-refractivity contribution in [2.45, 2.75) is 12.8 Å². The predicted octanol–water partition coefficient (Wildman–Crippen LogP) is 1.57. The highest BCUT2D eigenvalue weighted by Gasteiger charge is 2.29. The number of carbonyl (C=O) groups is 1. The van der Waals surface area contributed by atoms with Crippen LogP contribution in [0, 0.1) is 5.92 Å². The normalized spacial score (nSPS) is 14.2. The molecule has 0 spiro atoms. The van der Waals surface area contributed by atoms with Gasteiger partial charge in [0.2, 0.25) is 5.91 Å². The predicted molar refractivity (Wildman–Crippen MR) is 74.6 cm³/mol. The minimum Gasteiger partial charge on any atom is -0.496 e. The molecular weight excluding hydrogens is 260 g/mol. The molecule has 1 aliphatic carbocycles. The highest BCUT2D eigenvalue weighted by Crippen LogP contribution is 2.32. The molecule has 0 radical (unpaired) electrons. The van der Waals surface area contributed by atoms with Crippen molar-refractivity contribution in [1.82, 2.24) is 5.43 Å². The Kier molecular flexibility index (Phi) is 4.45. The molecule has 1 N–H and O–H groups in total. The van der Waals surface area contributed by atoms with Gasteiger partial charge in [-0.05, 0) is 12.8 Å². The second-order valence-corrected chi connectivity index (χ2v) is 4.45. The number of amides is 1. The summed E-state index contributed by atoms with van der Waals surface area (Å²) >= 11 is 0. The highest BCUT2D eigenvalue weighted by atomic mass is 16.5. The summed E-state index contributed by atoms with van der Waals surface area (Å²) in [5, 5.41) is 3.95. The van der Waals surface area contributed by atoms with Crippen LogP contribution >= 0.6 is 0 Å². The zero-order valence-corrected chi connectivity index (χ0v) is 11.8. The summed E-state index contributed by atoms with van der Waals surface area (Å²) in [5.41, 5.74) is 3.16. The average Bonchev–Trinajstić information content (AvgIpc) is 3.31. The van der Waals surface area contributed by atoms with Crippen LogP contribution in [0.3, 0.4) is 0 Å². The fourth-order valence-electron chi connectivity index (χ4n) is 1.76. The maximum atomic E-state index is 11.5. The molecule has 108 valence electrons. The fourth-order valence-corrected chi connectivity index (χ4v) is 1.76. The van der Waals surface area contributed by atoms with Crippen molar-refractivity contribution >= 4 is 12.1 Å². The van der Waals surface area contributed by atoms with Gasteiger partial charge in [-0.15, -0.1) is 0 Å². The highest BCUT2D eigenvalue weighted by molar-refractivity contribution is 5.89. The van der Waals surface area contributed by atoms with Crippen molar-refractivity contribution in [2.24, 2.45) is 11.0 Å². The lowest BCUT2D eigenvalue weighted by Gasteiger charge is -2.12. The first kappa shape index (κ1) is 14.2. The van der Waals surface area contributed by atoms with Crippen LogP contribution in [0.2, 0.25) is 0 Å². The molecule has 0 aromatic heterocycles. The van der Waals surface area contributed by atoms with Crippen LogP contribution in [0.1, 0.15) is 18.4 Å². The molecule has 0 unspecified atom stereocenters. The lowest BCUT2D eigenvalue weighted by molar-refractivity contribution is -0.122. The van der Waals surface area contributed by atoms with E-state index in [0.717, 1.165) is 12.8 Å². The van der Waals surface area contributed by atoms with Crippen molar-refractivity contribution in [3.05, 3.63) is 17.7 Å². The summed E-state index contributed by atoms with van der Waals surface area (Å²) in [5.74, 6) is 1.81. The average molecular weight is 278 g/mol. The number of nitrogens with one attached hydrogen (secondary N) is 1. The second-order valence-electron chi connectivity index (χ2n) is 4.45. The first-order chi connectivity index (χ1) is 9.69. The molecule has 1 aromatic carbocycles. The maximum Gasteiger partial charge on any atom is 0.243 e. The van der Waals surface area contributed by atoms with E-state index in [1.54, 1.807) is 33.5 Å². The molecule has 1 saturated carbocycles.